The molecular formula is C14H18NOP. The summed E-state index contributed by atoms with van der Waals surface area (Å²) in [4.78, 5) is 0. The Bertz CT molecular complexity index is 523. The van der Waals surface area contributed by atoms with Gasteiger partial charge in [-0.15, -0.1) is 0 Å². The Morgan fingerprint density at radius 3 is 2.18 bits per heavy atom. The molecule has 2 aromatic rings. The van der Waals surface area contributed by atoms with E-state index in [9.17, 15) is 4.57 Å². The minimum Gasteiger partial charge on any atom is -0.323 e. The summed E-state index contributed by atoms with van der Waals surface area (Å²) < 4.78 is 14.9. The largest absolute Gasteiger partial charge is 0.323 e. The maximum absolute atomic E-state index is 12.9. The third-order valence-corrected chi connectivity index (χ3v) is 6.52. The van der Waals surface area contributed by atoms with Crippen LogP contribution in [0.2, 0.25) is 0 Å². The standard InChI is InChI=1S/C14H18NOP/c1-3-17(16,4-2)14-10-6-5-9-13(14)15-11-7-8-12-15/h5-12H,3-4H2,1-2H3. The lowest BCUT2D eigenvalue weighted by atomic mass is 10.3. The van der Waals surface area contributed by atoms with Crippen molar-refractivity contribution in [2.24, 2.45) is 0 Å². The molecule has 17 heavy (non-hydrogen) atoms. The van der Waals surface area contributed by atoms with Gasteiger partial charge in [-0.1, -0.05) is 26.0 Å². The van der Waals surface area contributed by atoms with Gasteiger partial charge in [0.2, 0.25) is 0 Å². The van der Waals surface area contributed by atoms with E-state index in [2.05, 4.69) is 0 Å². The summed E-state index contributed by atoms with van der Waals surface area (Å²) in [5, 5.41) is 1.00. The van der Waals surface area contributed by atoms with Gasteiger partial charge in [0.05, 0.1) is 5.69 Å². The summed E-state index contributed by atoms with van der Waals surface area (Å²) in [6.45, 7) is 4.02. The van der Waals surface area contributed by atoms with Gasteiger partial charge in [-0.2, -0.15) is 0 Å². The van der Waals surface area contributed by atoms with E-state index in [1.807, 2.05) is 67.2 Å². The van der Waals surface area contributed by atoms with E-state index >= 15 is 0 Å². The van der Waals surface area contributed by atoms with E-state index in [4.69, 9.17) is 0 Å². The van der Waals surface area contributed by atoms with Gasteiger partial charge in [-0.25, -0.2) is 0 Å². The molecule has 0 saturated heterocycles. The number of nitrogens with zero attached hydrogens (tertiary/aromatic N) is 1. The second-order valence-electron chi connectivity index (χ2n) is 4.10. The number of benzene rings is 1. The maximum atomic E-state index is 12.9. The van der Waals surface area contributed by atoms with Crippen LogP contribution < -0.4 is 5.30 Å². The van der Waals surface area contributed by atoms with Crippen LogP contribution in [0.5, 0.6) is 0 Å². The van der Waals surface area contributed by atoms with Crippen molar-refractivity contribution in [3.63, 3.8) is 0 Å². The Balaban J connectivity index is 2.59. The molecule has 0 unspecified atom stereocenters. The van der Waals surface area contributed by atoms with Crippen molar-refractivity contribution in [1.29, 1.82) is 0 Å². The molecule has 2 rings (SSSR count). The quantitative estimate of drug-likeness (QED) is 0.758. The summed E-state index contributed by atoms with van der Waals surface area (Å²) in [5.74, 6) is 0. The van der Waals surface area contributed by atoms with Crippen molar-refractivity contribution in [3.05, 3.63) is 48.8 Å². The zero-order chi connectivity index (χ0) is 12.3. The van der Waals surface area contributed by atoms with E-state index in [-0.39, 0.29) is 0 Å². The first-order valence-electron chi connectivity index (χ1n) is 6.02. The molecule has 1 aromatic carbocycles. The van der Waals surface area contributed by atoms with Crippen molar-refractivity contribution in [3.8, 4) is 5.69 Å². The second-order valence-corrected chi connectivity index (χ2v) is 7.63. The fourth-order valence-corrected chi connectivity index (χ4v) is 4.18. The molecule has 3 heteroatoms. The monoisotopic (exact) mass is 247 g/mol. The summed E-state index contributed by atoms with van der Waals surface area (Å²) in [6.07, 6.45) is 5.44. The first kappa shape index (κ1) is 12.2. The third-order valence-electron chi connectivity index (χ3n) is 3.23. The Hall–Kier alpha value is -1.27. The van der Waals surface area contributed by atoms with Gasteiger partial charge in [0.15, 0.2) is 0 Å². The number of hydrogen-bond acceptors (Lipinski definition) is 1. The summed E-state index contributed by atoms with van der Waals surface area (Å²) >= 11 is 0. The molecule has 0 aliphatic heterocycles. The summed E-state index contributed by atoms with van der Waals surface area (Å²) in [5.41, 5.74) is 1.05. The average Bonchev–Trinajstić information content (AvgIpc) is 2.92. The van der Waals surface area contributed by atoms with E-state index in [1.165, 1.54) is 0 Å². The van der Waals surface area contributed by atoms with Gasteiger partial charge in [0, 0.05) is 30.0 Å². The Labute approximate surface area is 103 Å². The van der Waals surface area contributed by atoms with Crippen LogP contribution in [0.4, 0.5) is 0 Å². The SMILES string of the molecule is CCP(=O)(CC)c1ccccc1-n1cccc1. The highest BCUT2D eigenvalue weighted by Crippen LogP contribution is 2.44. The van der Waals surface area contributed by atoms with Crippen LogP contribution >= 0.6 is 7.14 Å². The maximum Gasteiger partial charge on any atom is 0.117 e. The predicted octanol–water partition coefficient (Wildman–Crippen LogP) is 3.51. The minimum atomic E-state index is -2.23. The molecule has 0 saturated carbocycles. The van der Waals surface area contributed by atoms with Crippen LogP contribution in [0.3, 0.4) is 0 Å². The van der Waals surface area contributed by atoms with Crippen LogP contribution in [0, 0.1) is 0 Å². The van der Waals surface area contributed by atoms with Crippen LogP contribution in [-0.2, 0) is 4.57 Å². The molecule has 0 amide bonds. The molecule has 0 N–H and O–H groups in total. The van der Waals surface area contributed by atoms with Crippen molar-refractivity contribution in [1.82, 2.24) is 4.57 Å². The van der Waals surface area contributed by atoms with Crippen molar-refractivity contribution in [2.45, 2.75) is 13.8 Å². The lowest BCUT2D eigenvalue weighted by Gasteiger charge is -2.19. The fraction of sp³-hybridized carbons (Fsp3) is 0.286. The highest BCUT2D eigenvalue weighted by Gasteiger charge is 2.23. The first-order chi connectivity index (χ1) is 8.21. The van der Waals surface area contributed by atoms with Crippen LogP contribution in [0.15, 0.2) is 48.8 Å². The second kappa shape index (κ2) is 4.93. The molecule has 0 aliphatic carbocycles. The topological polar surface area (TPSA) is 22.0 Å². The van der Waals surface area contributed by atoms with Gasteiger partial charge in [-0.3, -0.25) is 0 Å². The zero-order valence-corrected chi connectivity index (χ0v) is 11.2. The molecule has 0 aliphatic rings. The van der Waals surface area contributed by atoms with E-state index in [0.29, 0.717) is 0 Å². The summed E-state index contributed by atoms with van der Waals surface area (Å²) in [6, 6.07) is 12.0. The fourth-order valence-electron chi connectivity index (χ4n) is 2.09. The molecule has 2 nitrogen and oxygen atoms in total. The van der Waals surface area contributed by atoms with E-state index < -0.39 is 7.14 Å². The van der Waals surface area contributed by atoms with Gasteiger partial charge < -0.3 is 9.13 Å². The molecule has 0 radical (unpaired) electrons. The smallest absolute Gasteiger partial charge is 0.117 e. The number of rotatable bonds is 4. The third kappa shape index (κ3) is 2.23. The molecule has 1 heterocycles. The first-order valence-corrected chi connectivity index (χ1v) is 8.10. The van der Waals surface area contributed by atoms with E-state index in [1.54, 1.807) is 0 Å². The van der Waals surface area contributed by atoms with Crippen molar-refractivity contribution in [2.75, 3.05) is 12.3 Å². The predicted molar refractivity (Wildman–Crippen MR) is 74.1 cm³/mol. The lowest BCUT2D eigenvalue weighted by molar-refractivity contribution is 0.582. The van der Waals surface area contributed by atoms with Crippen LogP contribution in [0.1, 0.15) is 13.8 Å². The lowest BCUT2D eigenvalue weighted by Crippen LogP contribution is -2.15. The zero-order valence-electron chi connectivity index (χ0n) is 10.3. The van der Waals surface area contributed by atoms with Gasteiger partial charge in [0.1, 0.15) is 7.14 Å². The molecule has 90 valence electrons. The Morgan fingerprint density at radius 2 is 1.59 bits per heavy atom. The molecule has 0 spiro atoms. The molecule has 0 atom stereocenters. The Morgan fingerprint density at radius 1 is 1.00 bits per heavy atom. The highest BCUT2D eigenvalue weighted by atomic mass is 31.2. The van der Waals surface area contributed by atoms with Crippen LogP contribution in [-0.4, -0.2) is 16.9 Å². The Kier molecular flexibility index (Phi) is 3.54. The number of para-hydroxylation sites is 1. The number of aromatic nitrogens is 1. The average molecular weight is 247 g/mol. The highest BCUT2D eigenvalue weighted by molar-refractivity contribution is 7.71. The molecular weight excluding hydrogens is 229 g/mol. The van der Waals surface area contributed by atoms with Gasteiger partial charge >= 0.3 is 0 Å². The summed E-state index contributed by atoms with van der Waals surface area (Å²) in [7, 11) is -2.23. The van der Waals surface area contributed by atoms with Crippen LogP contribution in [0.25, 0.3) is 5.69 Å². The van der Waals surface area contributed by atoms with Gasteiger partial charge in [-0.05, 0) is 24.3 Å². The molecule has 0 fully saturated rings. The van der Waals surface area contributed by atoms with Crippen molar-refractivity contribution < 1.29 is 4.57 Å². The number of hydrogen-bond donors (Lipinski definition) is 0. The van der Waals surface area contributed by atoms with Gasteiger partial charge in [0.25, 0.3) is 0 Å². The molecule has 0 bridgehead atoms. The van der Waals surface area contributed by atoms with E-state index in [0.717, 1.165) is 23.3 Å². The minimum absolute atomic E-state index is 0.724. The molecule has 1 aromatic heterocycles. The normalized spacial score (nSPS) is 11.6. The van der Waals surface area contributed by atoms with Crippen molar-refractivity contribution >= 4 is 12.4 Å².